The summed E-state index contributed by atoms with van der Waals surface area (Å²) in [5, 5.41) is 12.4. The third kappa shape index (κ3) is 8.76. The number of hydrogen-bond donors (Lipinski definition) is 4. The van der Waals surface area contributed by atoms with Crippen LogP contribution >= 0.6 is 11.6 Å². The number of carboxylic acids is 1. The summed E-state index contributed by atoms with van der Waals surface area (Å²) in [5.74, 6) is -2.23. The van der Waals surface area contributed by atoms with Gasteiger partial charge in [-0.25, -0.2) is 27.9 Å². The van der Waals surface area contributed by atoms with Gasteiger partial charge in [0.25, 0.3) is 0 Å². The number of halogens is 7. The fourth-order valence-electron chi connectivity index (χ4n) is 2.47. The zero-order chi connectivity index (χ0) is 28.0. The standard InChI is InChI=1S/C18H15ClF3N5O2S.C2HF3O2/c1-23-30(28,29)13-4-2-3-11(7-13)26-16-9-17(25-10-24-16)27-12-5-6-15(19)14(8-12)18(20,21)22;3-2(4,5)1(6)7/h2-10,23H,1H3,(H2,24,25,26,27);(H,6,7). The van der Waals surface area contributed by atoms with E-state index in [4.69, 9.17) is 21.5 Å². The number of benzene rings is 2. The monoisotopic (exact) mass is 571 g/mol. The highest BCUT2D eigenvalue weighted by atomic mass is 35.5. The molecular weight excluding hydrogens is 556 g/mol. The first-order valence-corrected chi connectivity index (χ1v) is 11.5. The zero-order valence-electron chi connectivity index (χ0n) is 18.3. The Bertz CT molecular complexity index is 1370. The van der Waals surface area contributed by atoms with Gasteiger partial charge < -0.3 is 15.7 Å². The van der Waals surface area contributed by atoms with Crippen LogP contribution in [0.15, 0.2) is 59.8 Å². The maximum Gasteiger partial charge on any atom is 0.490 e. The van der Waals surface area contributed by atoms with Gasteiger partial charge in [-0.1, -0.05) is 17.7 Å². The predicted octanol–water partition coefficient (Wildman–Crippen LogP) is 5.18. The van der Waals surface area contributed by atoms with Gasteiger partial charge in [0.15, 0.2) is 0 Å². The van der Waals surface area contributed by atoms with Crippen LogP contribution in [0, 0.1) is 0 Å². The van der Waals surface area contributed by atoms with Crippen LogP contribution in [-0.4, -0.2) is 42.7 Å². The second-order valence-corrected chi connectivity index (χ2v) is 9.06. The highest BCUT2D eigenvalue weighted by Crippen LogP contribution is 2.36. The summed E-state index contributed by atoms with van der Waals surface area (Å²) in [6.45, 7) is 0. The molecule has 0 saturated heterocycles. The van der Waals surface area contributed by atoms with Gasteiger partial charge in [0, 0.05) is 17.4 Å². The van der Waals surface area contributed by atoms with E-state index in [-0.39, 0.29) is 16.4 Å². The van der Waals surface area contributed by atoms with Gasteiger partial charge in [0.1, 0.15) is 18.0 Å². The maximum absolute atomic E-state index is 13.0. The van der Waals surface area contributed by atoms with Gasteiger partial charge in [-0.2, -0.15) is 26.3 Å². The van der Waals surface area contributed by atoms with Gasteiger partial charge in [-0.3, -0.25) is 0 Å². The van der Waals surface area contributed by atoms with E-state index in [0.717, 1.165) is 12.1 Å². The Morgan fingerprint density at radius 2 is 1.46 bits per heavy atom. The molecule has 1 heterocycles. The molecule has 0 saturated carbocycles. The van der Waals surface area contributed by atoms with E-state index in [1.165, 1.54) is 37.6 Å². The molecule has 0 unspecified atom stereocenters. The molecule has 0 fully saturated rings. The lowest BCUT2D eigenvalue weighted by Crippen LogP contribution is -2.21. The lowest BCUT2D eigenvalue weighted by Gasteiger charge is -2.13. The smallest absolute Gasteiger partial charge is 0.475 e. The van der Waals surface area contributed by atoms with Gasteiger partial charge in [-0.05, 0) is 43.4 Å². The normalized spacial score (nSPS) is 11.8. The largest absolute Gasteiger partial charge is 0.490 e. The van der Waals surface area contributed by atoms with E-state index >= 15 is 0 Å². The Balaban J connectivity index is 0.000000604. The van der Waals surface area contributed by atoms with Crippen molar-refractivity contribution in [2.75, 3.05) is 17.7 Å². The summed E-state index contributed by atoms with van der Waals surface area (Å²) in [6.07, 6.45) is -8.47. The number of alkyl halides is 6. The van der Waals surface area contributed by atoms with Gasteiger partial charge in [0.2, 0.25) is 10.0 Å². The molecule has 17 heteroatoms. The average Bonchev–Trinajstić information content (AvgIpc) is 2.80. The van der Waals surface area contributed by atoms with Crippen molar-refractivity contribution in [1.29, 1.82) is 0 Å². The molecular formula is C20H16ClF6N5O4S. The van der Waals surface area contributed by atoms with Gasteiger partial charge in [0.05, 0.1) is 15.5 Å². The molecule has 0 aliphatic heterocycles. The Morgan fingerprint density at radius 3 is 1.95 bits per heavy atom. The number of carbonyl (C=O) groups is 1. The van der Waals surface area contributed by atoms with Crippen molar-refractivity contribution in [1.82, 2.24) is 14.7 Å². The lowest BCUT2D eigenvalue weighted by molar-refractivity contribution is -0.192. The van der Waals surface area contributed by atoms with Crippen LogP contribution in [0.4, 0.5) is 49.4 Å². The number of anilines is 4. The van der Waals surface area contributed by atoms with Crippen molar-refractivity contribution in [3.63, 3.8) is 0 Å². The molecule has 1 aromatic heterocycles. The molecule has 0 radical (unpaired) electrons. The SMILES string of the molecule is CNS(=O)(=O)c1cccc(Nc2cc(Nc3ccc(Cl)c(C(F)(F)F)c3)ncn2)c1.O=C(O)C(F)(F)F. The summed E-state index contributed by atoms with van der Waals surface area (Å²) in [6, 6.07) is 10.9. The minimum Gasteiger partial charge on any atom is -0.475 e. The van der Waals surface area contributed by atoms with Crippen molar-refractivity contribution < 1.29 is 44.7 Å². The lowest BCUT2D eigenvalue weighted by atomic mass is 10.2. The molecule has 2 aromatic carbocycles. The van der Waals surface area contributed by atoms with E-state index < -0.39 is 38.9 Å². The number of rotatable bonds is 6. The van der Waals surface area contributed by atoms with Crippen LogP contribution in [0.5, 0.6) is 0 Å². The summed E-state index contributed by atoms with van der Waals surface area (Å²) in [7, 11) is -2.32. The van der Waals surface area contributed by atoms with Crippen molar-refractivity contribution in [3.05, 3.63) is 65.4 Å². The fraction of sp³-hybridized carbons (Fsp3) is 0.150. The summed E-state index contributed by atoms with van der Waals surface area (Å²) >= 11 is 5.62. The van der Waals surface area contributed by atoms with E-state index in [2.05, 4.69) is 25.3 Å². The second kappa shape index (κ2) is 11.6. The second-order valence-electron chi connectivity index (χ2n) is 6.77. The molecule has 0 amide bonds. The number of nitrogens with one attached hydrogen (secondary N) is 3. The molecule has 37 heavy (non-hydrogen) atoms. The molecule has 4 N–H and O–H groups in total. The number of nitrogens with zero attached hydrogens (tertiary/aromatic N) is 2. The first kappa shape index (κ1) is 29.6. The highest BCUT2D eigenvalue weighted by molar-refractivity contribution is 7.89. The van der Waals surface area contributed by atoms with Crippen LogP contribution in [0.3, 0.4) is 0 Å². The molecule has 0 atom stereocenters. The third-order valence-corrected chi connectivity index (χ3v) is 5.88. The minimum atomic E-state index is -5.08. The van der Waals surface area contributed by atoms with Crippen molar-refractivity contribution in [2.45, 2.75) is 17.2 Å². The van der Waals surface area contributed by atoms with Crippen molar-refractivity contribution in [2.24, 2.45) is 0 Å². The Labute approximate surface area is 210 Å². The highest BCUT2D eigenvalue weighted by Gasteiger charge is 2.38. The molecule has 0 aliphatic carbocycles. The molecule has 200 valence electrons. The zero-order valence-corrected chi connectivity index (χ0v) is 19.9. The van der Waals surface area contributed by atoms with E-state index in [0.29, 0.717) is 11.5 Å². The Hall–Kier alpha value is -3.63. The Kier molecular flexibility index (Phi) is 9.29. The van der Waals surface area contributed by atoms with Crippen LogP contribution in [-0.2, 0) is 21.0 Å². The van der Waals surface area contributed by atoms with Crippen LogP contribution < -0.4 is 15.4 Å². The number of aromatic nitrogens is 2. The first-order valence-electron chi connectivity index (χ1n) is 9.59. The van der Waals surface area contributed by atoms with Gasteiger partial charge in [-0.15, -0.1) is 0 Å². The number of carboxylic acid groups (broad SMARTS) is 1. The Morgan fingerprint density at radius 1 is 0.919 bits per heavy atom. The number of aliphatic carboxylic acids is 1. The molecule has 3 rings (SSSR count). The molecule has 9 nitrogen and oxygen atoms in total. The summed E-state index contributed by atoms with van der Waals surface area (Å²) < 4.78 is 96.9. The number of hydrogen-bond acceptors (Lipinski definition) is 7. The quantitative estimate of drug-likeness (QED) is 0.298. The first-order chi connectivity index (χ1) is 17.0. The topological polar surface area (TPSA) is 133 Å². The van der Waals surface area contributed by atoms with Crippen LogP contribution in [0.25, 0.3) is 0 Å². The fourth-order valence-corrected chi connectivity index (χ4v) is 3.47. The molecule has 3 aromatic rings. The van der Waals surface area contributed by atoms with Crippen molar-refractivity contribution >= 4 is 50.6 Å². The van der Waals surface area contributed by atoms with Crippen molar-refractivity contribution in [3.8, 4) is 0 Å². The predicted molar refractivity (Wildman–Crippen MR) is 121 cm³/mol. The van der Waals surface area contributed by atoms with Crippen LogP contribution in [0.1, 0.15) is 5.56 Å². The van der Waals surface area contributed by atoms with Gasteiger partial charge >= 0.3 is 18.3 Å². The summed E-state index contributed by atoms with van der Waals surface area (Å²) in [5.41, 5.74) is -0.385. The molecule has 0 spiro atoms. The van der Waals surface area contributed by atoms with Crippen LogP contribution in [0.2, 0.25) is 5.02 Å². The summed E-state index contributed by atoms with van der Waals surface area (Å²) in [4.78, 5) is 17.0. The van der Waals surface area contributed by atoms with E-state index in [1.54, 1.807) is 12.1 Å². The molecule has 0 bridgehead atoms. The third-order valence-electron chi connectivity index (χ3n) is 4.14. The number of sulfonamides is 1. The minimum absolute atomic E-state index is 0.0586. The van der Waals surface area contributed by atoms with E-state index in [9.17, 15) is 34.8 Å². The molecule has 0 aliphatic rings. The van der Waals surface area contributed by atoms with E-state index in [1.807, 2.05) is 0 Å². The average molecular weight is 572 g/mol. The maximum atomic E-state index is 13.0.